The second-order valence-electron chi connectivity index (χ2n) is 6.17. The van der Waals surface area contributed by atoms with Crippen LogP contribution in [-0.4, -0.2) is 24.1 Å². The minimum Gasteiger partial charge on any atom is -0.313 e. The van der Waals surface area contributed by atoms with E-state index in [0.29, 0.717) is 6.04 Å². The highest BCUT2D eigenvalue weighted by Crippen LogP contribution is 2.30. The fourth-order valence-corrected chi connectivity index (χ4v) is 4.88. The molecule has 110 valence electrons. The Morgan fingerprint density at radius 1 is 1.11 bits per heavy atom. The lowest BCUT2D eigenvalue weighted by Gasteiger charge is -2.26. The Hall–Kier alpha value is 0.0500. The number of likely N-dealkylation sites (N-methyl/N-ethyl adjacent to an activating group) is 1. The molecule has 1 N–H and O–H groups in total. The summed E-state index contributed by atoms with van der Waals surface area (Å²) in [5.41, 5.74) is 1.70. The van der Waals surface area contributed by atoms with Crippen molar-refractivity contribution in [3.63, 3.8) is 0 Å². The summed E-state index contributed by atoms with van der Waals surface area (Å²) in [7, 11) is 2.14. The summed E-state index contributed by atoms with van der Waals surface area (Å²) in [6.07, 6.45) is 18.2. The van der Waals surface area contributed by atoms with Crippen molar-refractivity contribution in [3.8, 4) is 0 Å². The lowest BCUT2D eigenvalue weighted by Crippen LogP contribution is -2.31. The van der Waals surface area contributed by atoms with E-state index in [2.05, 4.69) is 30.2 Å². The summed E-state index contributed by atoms with van der Waals surface area (Å²) in [6, 6.07) is 0.630. The first kappa shape index (κ1) is 15.4. The maximum absolute atomic E-state index is 3.57. The SMILES string of the molecule is CNC(CSC1CCCCC1)C1=CCCCCCC1. The van der Waals surface area contributed by atoms with E-state index < -0.39 is 0 Å². The molecule has 0 heterocycles. The number of thioether (sulfide) groups is 1. The summed E-state index contributed by atoms with van der Waals surface area (Å²) >= 11 is 2.23. The minimum absolute atomic E-state index is 0.630. The molecule has 0 bridgehead atoms. The average molecular weight is 282 g/mol. The van der Waals surface area contributed by atoms with Crippen LogP contribution in [0.4, 0.5) is 0 Å². The van der Waals surface area contributed by atoms with Gasteiger partial charge in [0.25, 0.3) is 0 Å². The second kappa shape index (κ2) is 9.07. The van der Waals surface area contributed by atoms with Crippen LogP contribution in [0.2, 0.25) is 0 Å². The van der Waals surface area contributed by atoms with Crippen LogP contribution in [0.3, 0.4) is 0 Å². The Kier molecular flexibility index (Phi) is 7.37. The van der Waals surface area contributed by atoms with Crippen LogP contribution in [0, 0.1) is 0 Å². The molecule has 1 unspecified atom stereocenters. The van der Waals surface area contributed by atoms with E-state index in [0.717, 1.165) is 5.25 Å². The van der Waals surface area contributed by atoms with Crippen molar-refractivity contribution in [3.05, 3.63) is 11.6 Å². The molecule has 19 heavy (non-hydrogen) atoms. The van der Waals surface area contributed by atoms with Gasteiger partial charge in [0.2, 0.25) is 0 Å². The highest BCUT2D eigenvalue weighted by Gasteiger charge is 2.18. The molecule has 0 aromatic rings. The van der Waals surface area contributed by atoms with Crippen LogP contribution in [0.25, 0.3) is 0 Å². The van der Waals surface area contributed by atoms with Crippen LogP contribution in [0.5, 0.6) is 0 Å². The van der Waals surface area contributed by atoms with Crippen molar-refractivity contribution >= 4 is 11.8 Å². The van der Waals surface area contributed by atoms with Crippen LogP contribution in [-0.2, 0) is 0 Å². The van der Waals surface area contributed by atoms with Crippen molar-refractivity contribution < 1.29 is 0 Å². The molecule has 1 saturated carbocycles. The Bertz CT molecular complexity index is 268. The fourth-order valence-electron chi connectivity index (χ4n) is 3.37. The first-order valence-electron chi connectivity index (χ1n) is 8.38. The van der Waals surface area contributed by atoms with Crippen molar-refractivity contribution in [1.29, 1.82) is 0 Å². The highest BCUT2D eigenvalue weighted by molar-refractivity contribution is 7.99. The molecule has 1 nitrogen and oxygen atoms in total. The predicted molar refractivity (Wildman–Crippen MR) is 88.0 cm³/mol. The lowest BCUT2D eigenvalue weighted by atomic mass is 9.96. The third-order valence-electron chi connectivity index (χ3n) is 4.67. The van der Waals surface area contributed by atoms with Gasteiger partial charge in [-0.25, -0.2) is 0 Å². The van der Waals surface area contributed by atoms with Crippen molar-refractivity contribution in [2.75, 3.05) is 12.8 Å². The molecule has 0 spiro atoms. The molecule has 2 heteroatoms. The zero-order chi connectivity index (χ0) is 13.3. The van der Waals surface area contributed by atoms with Gasteiger partial charge in [-0.2, -0.15) is 11.8 Å². The van der Waals surface area contributed by atoms with Gasteiger partial charge < -0.3 is 5.32 Å². The topological polar surface area (TPSA) is 12.0 Å². The van der Waals surface area contributed by atoms with E-state index in [9.17, 15) is 0 Å². The smallest absolute Gasteiger partial charge is 0.0368 e. The number of allylic oxidation sites excluding steroid dienone is 1. The first-order valence-corrected chi connectivity index (χ1v) is 9.43. The second-order valence-corrected chi connectivity index (χ2v) is 7.50. The molecule has 0 aromatic carbocycles. The average Bonchev–Trinajstić information content (AvgIpc) is 2.42. The van der Waals surface area contributed by atoms with Gasteiger partial charge >= 0.3 is 0 Å². The van der Waals surface area contributed by atoms with Crippen LogP contribution < -0.4 is 5.32 Å². The predicted octanol–water partition coefficient (Wildman–Crippen LogP) is 4.92. The number of nitrogens with one attached hydrogen (secondary N) is 1. The van der Waals surface area contributed by atoms with Gasteiger partial charge in [0.05, 0.1) is 0 Å². The van der Waals surface area contributed by atoms with E-state index in [-0.39, 0.29) is 0 Å². The first-order chi connectivity index (χ1) is 9.40. The molecule has 2 aliphatic rings. The number of hydrogen-bond acceptors (Lipinski definition) is 2. The fraction of sp³-hybridized carbons (Fsp3) is 0.882. The Morgan fingerprint density at radius 3 is 2.63 bits per heavy atom. The van der Waals surface area contributed by atoms with E-state index in [1.165, 1.54) is 76.4 Å². The molecule has 2 rings (SSSR count). The summed E-state index contributed by atoms with van der Waals surface area (Å²) in [5.74, 6) is 1.28. The molecule has 0 amide bonds. The largest absolute Gasteiger partial charge is 0.313 e. The lowest BCUT2D eigenvalue weighted by molar-refractivity contribution is 0.514. The normalized spacial score (nSPS) is 24.4. The number of rotatable bonds is 5. The maximum Gasteiger partial charge on any atom is 0.0368 e. The van der Waals surface area contributed by atoms with Gasteiger partial charge in [0.1, 0.15) is 0 Å². The van der Waals surface area contributed by atoms with E-state index in [4.69, 9.17) is 0 Å². The van der Waals surface area contributed by atoms with Crippen LogP contribution in [0.15, 0.2) is 11.6 Å². The van der Waals surface area contributed by atoms with E-state index in [1.54, 1.807) is 5.57 Å². The number of hydrogen-bond donors (Lipinski definition) is 1. The Labute approximate surface area is 124 Å². The molecule has 2 aliphatic carbocycles. The molecule has 0 radical (unpaired) electrons. The summed E-state index contributed by atoms with van der Waals surface area (Å²) in [4.78, 5) is 0. The van der Waals surface area contributed by atoms with Gasteiger partial charge in [-0.1, -0.05) is 43.8 Å². The quantitative estimate of drug-likeness (QED) is 0.718. The van der Waals surface area contributed by atoms with Crippen molar-refractivity contribution in [2.45, 2.75) is 81.9 Å². The summed E-state index contributed by atoms with van der Waals surface area (Å²) in [6.45, 7) is 0. The molecule has 1 atom stereocenters. The third kappa shape index (κ3) is 5.51. The van der Waals surface area contributed by atoms with Crippen molar-refractivity contribution in [2.24, 2.45) is 0 Å². The standard InChI is InChI=1S/C17H31NS/c1-18-17(14-19-16-12-8-5-9-13-16)15-10-6-3-2-4-7-11-15/h10,16-18H,2-9,11-14H2,1H3. The zero-order valence-corrected chi connectivity index (χ0v) is 13.4. The third-order valence-corrected chi connectivity index (χ3v) is 6.14. The summed E-state index contributed by atoms with van der Waals surface area (Å²) in [5, 5.41) is 4.51. The van der Waals surface area contributed by atoms with Gasteiger partial charge in [0, 0.05) is 17.0 Å². The van der Waals surface area contributed by atoms with Gasteiger partial charge in [-0.15, -0.1) is 0 Å². The minimum atomic E-state index is 0.630. The molecular formula is C17H31NS. The molecular weight excluding hydrogens is 250 g/mol. The molecule has 0 aromatic heterocycles. The Morgan fingerprint density at radius 2 is 1.84 bits per heavy atom. The molecule has 1 fully saturated rings. The van der Waals surface area contributed by atoms with Crippen LogP contribution >= 0.6 is 11.8 Å². The highest BCUT2D eigenvalue weighted by atomic mass is 32.2. The Balaban J connectivity index is 1.80. The van der Waals surface area contributed by atoms with E-state index in [1.807, 2.05) is 0 Å². The van der Waals surface area contributed by atoms with Gasteiger partial charge in [-0.3, -0.25) is 0 Å². The van der Waals surface area contributed by atoms with Crippen LogP contribution in [0.1, 0.15) is 70.6 Å². The monoisotopic (exact) mass is 281 g/mol. The molecule has 0 saturated heterocycles. The maximum atomic E-state index is 3.57. The summed E-state index contributed by atoms with van der Waals surface area (Å²) < 4.78 is 0. The van der Waals surface area contributed by atoms with Gasteiger partial charge in [-0.05, 0) is 45.6 Å². The zero-order valence-electron chi connectivity index (χ0n) is 12.6. The van der Waals surface area contributed by atoms with Gasteiger partial charge in [0.15, 0.2) is 0 Å². The van der Waals surface area contributed by atoms with E-state index >= 15 is 0 Å². The van der Waals surface area contributed by atoms with Crippen molar-refractivity contribution in [1.82, 2.24) is 5.32 Å². The molecule has 0 aliphatic heterocycles.